The summed E-state index contributed by atoms with van der Waals surface area (Å²) in [7, 11) is 1.98. The van der Waals surface area contributed by atoms with Crippen molar-refractivity contribution >= 4 is 0 Å². The molecule has 19 heavy (non-hydrogen) atoms. The van der Waals surface area contributed by atoms with Crippen molar-refractivity contribution < 1.29 is 4.74 Å². The van der Waals surface area contributed by atoms with Crippen LogP contribution in [-0.2, 0) is 17.7 Å². The van der Waals surface area contributed by atoms with E-state index in [0.717, 1.165) is 38.2 Å². The fourth-order valence-corrected chi connectivity index (χ4v) is 2.43. The molecule has 5 heteroatoms. The molecule has 2 unspecified atom stereocenters. The highest BCUT2D eigenvalue weighted by Crippen LogP contribution is 2.22. The average molecular weight is 268 g/mol. The number of rotatable bonds is 9. The predicted molar refractivity (Wildman–Crippen MR) is 77.2 cm³/mol. The number of aryl methyl sites for hydroxylation is 1. The summed E-state index contributed by atoms with van der Waals surface area (Å²) in [5.41, 5.74) is -0.174. The Balaban J connectivity index is 2.83. The van der Waals surface area contributed by atoms with Crippen molar-refractivity contribution in [1.82, 2.24) is 20.1 Å². The molecule has 0 saturated carbocycles. The Bertz CT molecular complexity index is 366. The molecule has 0 saturated heterocycles. The molecule has 5 nitrogen and oxygen atoms in total. The largest absolute Gasteiger partial charge is 0.374 e. The molecule has 1 rings (SSSR count). The van der Waals surface area contributed by atoms with Gasteiger partial charge in [-0.2, -0.15) is 5.10 Å². The second-order valence-corrected chi connectivity index (χ2v) is 5.04. The molecular weight excluding hydrogens is 240 g/mol. The van der Waals surface area contributed by atoms with Crippen molar-refractivity contribution in [3.05, 3.63) is 12.2 Å². The smallest absolute Gasteiger partial charge is 0.138 e. The van der Waals surface area contributed by atoms with Gasteiger partial charge in [-0.05, 0) is 33.7 Å². The number of ether oxygens (including phenoxy) is 1. The van der Waals surface area contributed by atoms with Crippen LogP contribution in [0.2, 0.25) is 0 Å². The van der Waals surface area contributed by atoms with Crippen LogP contribution in [0.1, 0.15) is 46.4 Å². The average Bonchev–Trinajstić information content (AvgIpc) is 2.84. The van der Waals surface area contributed by atoms with Crippen LogP contribution in [0.5, 0.6) is 0 Å². The van der Waals surface area contributed by atoms with E-state index in [1.165, 1.54) is 0 Å². The van der Waals surface area contributed by atoms with Gasteiger partial charge in [0, 0.05) is 25.6 Å². The molecule has 1 aromatic heterocycles. The maximum absolute atomic E-state index is 5.96. The highest BCUT2D eigenvalue weighted by Gasteiger charge is 2.33. The molecule has 0 spiro atoms. The van der Waals surface area contributed by atoms with Gasteiger partial charge in [-0.3, -0.25) is 4.68 Å². The van der Waals surface area contributed by atoms with E-state index in [1.807, 2.05) is 18.7 Å². The highest BCUT2D eigenvalue weighted by atomic mass is 16.5. The summed E-state index contributed by atoms with van der Waals surface area (Å²) in [5.74, 6) is 1.03. The number of nitrogens with one attached hydrogen (secondary N) is 1. The third-order valence-corrected chi connectivity index (χ3v) is 3.78. The van der Waals surface area contributed by atoms with Crippen molar-refractivity contribution in [1.29, 1.82) is 0 Å². The van der Waals surface area contributed by atoms with E-state index in [-0.39, 0.29) is 11.6 Å². The second-order valence-electron chi connectivity index (χ2n) is 5.04. The Kier molecular flexibility index (Phi) is 6.45. The van der Waals surface area contributed by atoms with Crippen LogP contribution in [0, 0.1) is 0 Å². The van der Waals surface area contributed by atoms with E-state index in [2.05, 4.69) is 36.2 Å². The van der Waals surface area contributed by atoms with Crippen LogP contribution < -0.4 is 5.32 Å². The molecule has 0 amide bonds. The lowest BCUT2D eigenvalue weighted by molar-refractivity contribution is -0.0539. The molecule has 0 aromatic carbocycles. The Morgan fingerprint density at radius 1 is 1.42 bits per heavy atom. The summed E-state index contributed by atoms with van der Waals surface area (Å²) < 4.78 is 7.95. The van der Waals surface area contributed by atoms with Gasteiger partial charge in [0.05, 0.1) is 5.60 Å². The molecule has 0 aliphatic heterocycles. The van der Waals surface area contributed by atoms with Gasteiger partial charge in [-0.15, -0.1) is 0 Å². The molecule has 0 bridgehead atoms. The summed E-state index contributed by atoms with van der Waals surface area (Å²) in [5, 5.41) is 7.66. The fourth-order valence-electron chi connectivity index (χ4n) is 2.43. The van der Waals surface area contributed by atoms with E-state index in [1.54, 1.807) is 6.33 Å². The minimum atomic E-state index is -0.174. The van der Waals surface area contributed by atoms with E-state index >= 15 is 0 Å². The quantitative estimate of drug-likeness (QED) is 0.744. The third kappa shape index (κ3) is 4.01. The van der Waals surface area contributed by atoms with Crippen LogP contribution in [0.25, 0.3) is 0 Å². The first-order valence-electron chi connectivity index (χ1n) is 7.29. The lowest BCUT2D eigenvalue weighted by Gasteiger charge is -2.36. The van der Waals surface area contributed by atoms with Crippen LogP contribution in [-0.4, -0.2) is 40.1 Å². The molecule has 0 aliphatic rings. The predicted octanol–water partition coefficient (Wildman–Crippen LogP) is 2.02. The van der Waals surface area contributed by atoms with Gasteiger partial charge in [-0.1, -0.05) is 13.8 Å². The molecule has 0 aliphatic carbocycles. The third-order valence-electron chi connectivity index (χ3n) is 3.78. The SMILES string of the molecule is CCCn1ncnc1CC(NC)C(C)(CC)OCC. The zero-order chi connectivity index (χ0) is 14.3. The molecule has 0 fully saturated rings. The van der Waals surface area contributed by atoms with Crippen molar-refractivity contribution in [3.63, 3.8) is 0 Å². The topological polar surface area (TPSA) is 52.0 Å². The molecule has 1 heterocycles. The second kappa shape index (κ2) is 7.60. The van der Waals surface area contributed by atoms with Crippen LogP contribution in [0.4, 0.5) is 0 Å². The normalized spacial score (nSPS) is 16.3. The van der Waals surface area contributed by atoms with Crippen LogP contribution >= 0.6 is 0 Å². The van der Waals surface area contributed by atoms with Gasteiger partial charge in [-0.25, -0.2) is 4.98 Å². The van der Waals surface area contributed by atoms with Crippen LogP contribution in [0.15, 0.2) is 6.33 Å². The molecule has 110 valence electrons. The van der Waals surface area contributed by atoms with Crippen molar-refractivity contribution in [2.24, 2.45) is 0 Å². The van der Waals surface area contributed by atoms with Crippen molar-refractivity contribution in [2.75, 3.05) is 13.7 Å². The highest BCUT2D eigenvalue weighted by molar-refractivity contribution is 4.97. The molecule has 1 aromatic rings. The first-order chi connectivity index (χ1) is 9.11. The van der Waals surface area contributed by atoms with Gasteiger partial charge in [0.25, 0.3) is 0 Å². The first-order valence-corrected chi connectivity index (χ1v) is 7.29. The van der Waals surface area contributed by atoms with Crippen molar-refractivity contribution in [3.8, 4) is 0 Å². The molecule has 0 radical (unpaired) electrons. The summed E-state index contributed by atoms with van der Waals surface area (Å²) >= 11 is 0. The van der Waals surface area contributed by atoms with Gasteiger partial charge in [0.1, 0.15) is 12.2 Å². The van der Waals surface area contributed by atoms with E-state index < -0.39 is 0 Å². The minimum Gasteiger partial charge on any atom is -0.374 e. The summed E-state index contributed by atoms with van der Waals surface area (Å²) in [6, 6.07) is 0.234. The number of hydrogen-bond donors (Lipinski definition) is 1. The molecule has 1 N–H and O–H groups in total. The first kappa shape index (κ1) is 16.1. The van der Waals surface area contributed by atoms with Gasteiger partial charge >= 0.3 is 0 Å². The minimum absolute atomic E-state index is 0.174. The Morgan fingerprint density at radius 3 is 2.68 bits per heavy atom. The van der Waals surface area contributed by atoms with E-state index in [4.69, 9.17) is 4.74 Å². The van der Waals surface area contributed by atoms with E-state index in [0.29, 0.717) is 0 Å². The summed E-state index contributed by atoms with van der Waals surface area (Å²) in [4.78, 5) is 4.39. The monoisotopic (exact) mass is 268 g/mol. The van der Waals surface area contributed by atoms with Crippen molar-refractivity contribution in [2.45, 2.75) is 65.1 Å². The summed E-state index contributed by atoms with van der Waals surface area (Å²) in [6.45, 7) is 10.2. The zero-order valence-electron chi connectivity index (χ0n) is 12.9. The summed E-state index contributed by atoms with van der Waals surface area (Å²) in [6.07, 6.45) is 4.51. The maximum atomic E-state index is 5.96. The van der Waals surface area contributed by atoms with Gasteiger partial charge in [0.15, 0.2) is 0 Å². The number of hydrogen-bond acceptors (Lipinski definition) is 4. The molecular formula is C14H28N4O. The standard InChI is InChI=1S/C14H28N4O/c1-6-9-18-13(16-11-17-18)10-12(15-5)14(4,7-2)19-8-3/h11-12,15H,6-10H2,1-5H3. The Hall–Kier alpha value is -0.940. The Morgan fingerprint density at radius 2 is 2.16 bits per heavy atom. The number of likely N-dealkylation sites (N-methyl/N-ethyl adjacent to an activating group) is 1. The lowest BCUT2D eigenvalue weighted by atomic mass is 9.90. The van der Waals surface area contributed by atoms with Crippen LogP contribution in [0.3, 0.4) is 0 Å². The number of nitrogens with zero attached hydrogens (tertiary/aromatic N) is 3. The van der Waals surface area contributed by atoms with Gasteiger partial charge in [0.2, 0.25) is 0 Å². The lowest BCUT2D eigenvalue weighted by Crippen LogP contribution is -2.50. The number of aromatic nitrogens is 3. The maximum Gasteiger partial charge on any atom is 0.138 e. The van der Waals surface area contributed by atoms with Gasteiger partial charge < -0.3 is 10.1 Å². The fraction of sp³-hybridized carbons (Fsp3) is 0.857. The Labute approximate surface area is 116 Å². The van der Waals surface area contributed by atoms with E-state index in [9.17, 15) is 0 Å². The zero-order valence-corrected chi connectivity index (χ0v) is 12.9. The molecule has 2 atom stereocenters.